The van der Waals surface area contributed by atoms with Crippen molar-refractivity contribution in [1.82, 2.24) is 0 Å². The molecule has 0 amide bonds. The fourth-order valence-corrected chi connectivity index (χ4v) is 1.81. The molecule has 1 unspecified atom stereocenters. The zero-order valence-electron chi connectivity index (χ0n) is 11.0. The highest BCUT2D eigenvalue weighted by molar-refractivity contribution is 5.77. The Morgan fingerprint density at radius 2 is 2.12 bits per heavy atom. The van der Waals surface area contributed by atoms with Crippen LogP contribution in [-0.4, -0.2) is 11.6 Å². The maximum absolute atomic E-state index is 11.9. The minimum atomic E-state index is -0.397. The standard InChI is InChI=1S/C14H22O2/c1-6-11-7-8-12(10(2)9-11)13(15)16-14(3,4)5/h7,9,12H,6,8H2,1-5H3. The Bertz CT molecular complexity index is 329. The van der Waals surface area contributed by atoms with Gasteiger partial charge in [0.1, 0.15) is 5.60 Å². The van der Waals surface area contributed by atoms with Crippen LogP contribution in [0.1, 0.15) is 47.5 Å². The quantitative estimate of drug-likeness (QED) is 0.667. The van der Waals surface area contributed by atoms with Crippen molar-refractivity contribution < 1.29 is 9.53 Å². The van der Waals surface area contributed by atoms with Crippen LogP contribution in [0.3, 0.4) is 0 Å². The van der Waals surface area contributed by atoms with Gasteiger partial charge in [-0.25, -0.2) is 0 Å². The lowest BCUT2D eigenvalue weighted by Crippen LogP contribution is -2.29. The molecule has 90 valence electrons. The summed E-state index contributed by atoms with van der Waals surface area (Å²) in [6, 6.07) is 0. The van der Waals surface area contributed by atoms with Crippen molar-refractivity contribution in [3.8, 4) is 0 Å². The first-order valence-electron chi connectivity index (χ1n) is 5.93. The second-order valence-corrected chi connectivity index (χ2v) is 5.34. The van der Waals surface area contributed by atoms with E-state index in [1.165, 1.54) is 5.57 Å². The van der Waals surface area contributed by atoms with Crippen LogP contribution < -0.4 is 0 Å². The van der Waals surface area contributed by atoms with Crippen LogP contribution in [0.15, 0.2) is 23.3 Å². The molecular formula is C14H22O2. The van der Waals surface area contributed by atoms with E-state index in [2.05, 4.69) is 19.1 Å². The first-order chi connectivity index (χ1) is 7.33. The Labute approximate surface area is 98.4 Å². The molecule has 0 saturated heterocycles. The van der Waals surface area contributed by atoms with Crippen molar-refractivity contribution in [2.45, 2.75) is 53.1 Å². The van der Waals surface area contributed by atoms with Crippen LogP contribution in [0, 0.1) is 5.92 Å². The van der Waals surface area contributed by atoms with Gasteiger partial charge in [0.25, 0.3) is 0 Å². The Hall–Kier alpha value is -1.05. The Kier molecular flexibility index (Phi) is 3.95. The van der Waals surface area contributed by atoms with Gasteiger partial charge in [-0.1, -0.05) is 30.2 Å². The normalized spacial score (nSPS) is 21.2. The summed E-state index contributed by atoms with van der Waals surface area (Å²) in [4.78, 5) is 11.9. The van der Waals surface area contributed by atoms with Crippen molar-refractivity contribution in [2.24, 2.45) is 5.92 Å². The van der Waals surface area contributed by atoms with Gasteiger partial charge in [0, 0.05) is 0 Å². The van der Waals surface area contributed by atoms with Crippen molar-refractivity contribution in [3.05, 3.63) is 23.3 Å². The molecule has 2 heteroatoms. The van der Waals surface area contributed by atoms with Gasteiger partial charge in [0.15, 0.2) is 0 Å². The number of allylic oxidation sites excluding steroid dienone is 3. The lowest BCUT2D eigenvalue weighted by molar-refractivity contribution is -0.158. The first kappa shape index (κ1) is 13.0. The summed E-state index contributed by atoms with van der Waals surface area (Å²) in [7, 11) is 0. The molecule has 0 aromatic carbocycles. The highest BCUT2D eigenvalue weighted by atomic mass is 16.6. The van der Waals surface area contributed by atoms with E-state index in [9.17, 15) is 4.79 Å². The van der Waals surface area contributed by atoms with Crippen LogP contribution in [0.4, 0.5) is 0 Å². The van der Waals surface area contributed by atoms with Crippen LogP contribution in [0.25, 0.3) is 0 Å². The number of esters is 1. The third kappa shape index (κ3) is 3.51. The lowest BCUT2D eigenvalue weighted by atomic mass is 9.88. The highest BCUT2D eigenvalue weighted by Gasteiger charge is 2.27. The van der Waals surface area contributed by atoms with Gasteiger partial charge in [-0.2, -0.15) is 0 Å². The van der Waals surface area contributed by atoms with E-state index >= 15 is 0 Å². The summed E-state index contributed by atoms with van der Waals surface area (Å²) < 4.78 is 5.41. The van der Waals surface area contributed by atoms with Gasteiger partial charge < -0.3 is 4.74 Å². The van der Waals surface area contributed by atoms with E-state index in [0.717, 1.165) is 18.4 Å². The Morgan fingerprint density at radius 1 is 1.50 bits per heavy atom. The molecule has 1 atom stereocenters. The van der Waals surface area contributed by atoms with Gasteiger partial charge in [0.05, 0.1) is 5.92 Å². The number of carbonyl (C=O) groups excluding carboxylic acids is 1. The van der Waals surface area contributed by atoms with Gasteiger partial charge >= 0.3 is 5.97 Å². The number of carbonyl (C=O) groups is 1. The summed E-state index contributed by atoms with van der Waals surface area (Å²) in [6.45, 7) is 9.85. The maximum Gasteiger partial charge on any atom is 0.313 e. The monoisotopic (exact) mass is 222 g/mol. The zero-order valence-corrected chi connectivity index (χ0v) is 11.0. The predicted octanol–water partition coefficient (Wildman–Crippen LogP) is 3.63. The molecule has 0 spiro atoms. The molecule has 0 bridgehead atoms. The molecule has 1 aliphatic carbocycles. The molecule has 0 fully saturated rings. The molecule has 0 aromatic heterocycles. The molecule has 16 heavy (non-hydrogen) atoms. The predicted molar refractivity (Wildman–Crippen MR) is 66.1 cm³/mol. The highest BCUT2D eigenvalue weighted by Crippen LogP contribution is 2.27. The van der Waals surface area contributed by atoms with Gasteiger partial charge in [0.2, 0.25) is 0 Å². The van der Waals surface area contributed by atoms with E-state index in [-0.39, 0.29) is 11.9 Å². The van der Waals surface area contributed by atoms with E-state index in [1.54, 1.807) is 0 Å². The molecule has 0 saturated carbocycles. The molecular weight excluding hydrogens is 200 g/mol. The van der Waals surface area contributed by atoms with Crippen LogP contribution in [0.2, 0.25) is 0 Å². The van der Waals surface area contributed by atoms with Crippen LogP contribution in [-0.2, 0) is 9.53 Å². The average molecular weight is 222 g/mol. The molecule has 2 nitrogen and oxygen atoms in total. The van der Waals surface area contributed by atoms with Crippen LogP contribution >= 0.6 is 0 Å². The molecule has 0 aromatic rings. The average Bonchev–Trinajstić information content (AvgIpc) is 2.14. The fraction of sp³-hybridized carbons (Fsp3) is 0.643. The summed E-state index contributed by atoms with van der Waals surface area (Å²) in [6.07, 6.45) is 6.05. The molecule has 0 heterocycles. The number of hydrogen-bond donors (Lipinski definition) is 0. The summed E-state index contributed by atoms with van der Waals surface area (Å²) in [5.41, 5.74) is 2.04. The Morgan fingerprint density at radius 3 is 2.56 bits per heavy atom. The maximum atomic E-state index is 11.9. The van der Waals surface area contributed by atoms with Gasteiger partial charge in [-0.15, -0.1) is 0 Å². The van der Waals surface area contributed by atoms with Crippen molar-refractivity contribution >= 4 is 5.97 Å². The molecule has 1 aliphatic rings. The second kappa shape index (κ2) is 4.86. The van der Waals surface area contributed by atoms with E-state index in [1.807, 2.05) is 27.7 Å². The van der Waals surface area contributed by atoms with Crippen molar-refractivity contribution in [1.29, 1.82) is 0 Å². The Balaban J connectivity index is 2.68. The van der Waals surface area contributed by atoms with Crippen molar-refractivity contribution in [2.75, 3.05) is 0 Å². The minimum Gasteiger partial charge on any atom is -0.459 e. The van der Waals surface area contributed by atoms with E-state index < -0.39 is 5.60 Å². The summed E-state index contributed by atoms with van der Waals surface area (Å²) in [5, 5.41) is 0. The molecule has 0 N–H and O–H groups in total. The van der Waals surface area contributed by atoms with Gasteiger partial charge in [-0.3, -0.25) is 4.79 Å². The minimum absolute atomic E-state index is 0.0884. The lowest BCUT2D eigenvalue weighted by Gasteiger charge is -2.25. The molecule has 0 radical (unpaired) electrons. The molecule has 0 aliphatic heterocycles. The number of ether oxygens (including phenoxy) is 1. The van der Waals surface area contributed by atoms with Crippen molar-refractivity contribution in [3.63, 3.8) is 0 Å². The second-order valence-electron chi connectivity index (χ2n) is 5.34. The number of hydrogen-bond acceptors (Lipinski definition) is 2. The number of rotatable bonds is 2. The van der Waals surface area contributed by atoms with E-state index in [0.29, 0.717) is 0 Å². The fourth-order valence-electron chi connectivity index (χ4n) is 1.81. The van der Waals surface area contributed by atoms with Crippen LogP contribution in [0.5, 0.6) is 0 Å². The summed E-state index contributed by atoms with van der Waals surface area (Å²) in [5.74, 6) is -0.192. The smallest absolute Gasteiger partial charge is 0.313 e. The third-order valence-corrected chi connectivity index (χ3v) is 2.68. The summed E-state index contributed by atoms with van der Waals surface area (Å²) >= 11 is 0. The first-order valence-corrected chi connectivity index (χ1v) is 5.93. The van der Waals surface area contributed by atoms with Gasteiger partial charge in [-0.05, 0) is 40.5 Å². The van der Waals surface area contributed by atoms with E-state index in [4.69, 9.17) is 4.74 Å². The third-order valence-electron chi connectivity index (χ3n) is 2.68. The molecule has 1 rings (SSSR count). The zero-order chi connectivity index (χ0) is 12.3. The topological polar surface area (TPSA) is 26.3 Å². The SMILES string of the molecule is CCC1=CCC(C(=O)OC(C)(C)C)C(C)=C1. The largest absolute Gasteiger partial charge is 0.459 e.